The Bertz CT molecular complexity index is 518. The lowest BCUT2D eigenvalue weighted by Crippen LogP contribution is -2.47. The zero-order valence-corrected chi connectivity index (χ0v) is 12.4. The third-order valence-electron chi connectivity index (χ3n) is 4.14. The molecule has 3 rings (SSSR count). The second-order valence-corrected chi connectivity index (χ2v) is 5.62. The second kappa shape index (κ2) is 6.35. The Morgan fingerprint density at radius 3 is 2.95 bits per heavy atom. The van der Waals surface area contributed by atoms with Crippen LogP contribution in [0, 0.1) is 0 Å². The number of carbonyl (C=O) groups excluding carboxylic acids is 1. The van der Waals surface area contributed by atoms with Crippen LogP contribution < -0.4 is 14.8 Å². The van der Waals surface area contributed by atoms with Gasteiger partial charge in [-0.25, -0.2) is 0 Å². The summed E-state index contributed by atoms with van der Waals surface area (Å²) < 4.78 is 11.1. The van der Waals surface area contributed by atoms with Gasteiger partial charge in [-0.3, -0.25) is 4.79 Å². The second-order valence-electron chi connectivity index (χ2n) is 5.62. The molecule has 0 bridgehead atoms. The van der Waals surface area contributed by atoms with Crippen LogP contribution in [0.25, 0.3) is 0 Å². The first-order chi connectivity index (χ1) is 10.3. The van der Waals surface area contributed by atoms with Gasteiger partial charge in [0.2, 0.25) is 5.91 Å². The minimum atomic E-state index is 0.187. The number of piperidine rings is 1. The van der Waals surface area contributed by atoms with Crippen molar-refractivity contribution in [2.75, 3.05) is 33.4 Å². The minimum absolute atomic E-state index is 0.187. The van der Waals surface area contributed by atoms with Crippen LogP contribution >= 0.6 is 0 Å². The Labute approximate surface area is 125 Å². The monoisotopic (exact) mass is 290 g/mol. The van der Waals surface area contributed by atoms with Crippen LogP contribution in [0.4, 0.5) is 0 Å². The lowest BCUT2D eigenvalue weighted by Gasteiger charge is -2.32. The van der Waals surface area contributed by atoms with Crippen molar-refractivity contribution in [1.82, 2.24) is 10.2 Å². The van der Waals surface area contributed by atoms with E-state index in [-0.39, 0.29) is 5.91 Å². The van der Waals surface area contributed by atoms with Crippen LogP contribution in [-0.4, -0.2) is 50.2 Å². The fourth-order valence-corrected chi connectivity index (χ4v) is 2.92. The molecule has 1 aromatic rings. The SMILES string of the molecule is CNC1CCCN(C(=O)Cc2ccc3c(c2)OCCO3)C1. The van der Waals surface area contributed by atoms with E-state index in [1.807, 2.05) is 30.1 Å². The molecule has 2 heterocycles. The Morgan fingerprint density at radius 2 is 2.14 bits per heavy atom. The van der Waals surface area contributed by atoms with Gasteiger partial charge in [-0.2, -0.15) is 0 Å². The number of rotatable bonds is 3. The Kier molecular flexibility index (Phi) is 4.29. The van der Waals surface area contributed by atoms with Crippen molar-refractivity contribution in [2.45, 2.75) is 25.3 Å². The van der Waals surface area contributed by atoms with Gasteiger partial charge in [-0.1, -0.05) is 6.07 Å². The fourth-order valence-electron chi connectivity index (χ4n) is 2.92. The number of likely N-dealkylation sites (tertiary alicyclic amines) is 1. The number of ether oxygens (including phenoxy) is 2. The Morgan fingerprint density at radius 1 is 1.33 bits per heavy atom. The number of carbonyl (C=O) groups is 1. The number of fused-ring (bicyclic) bond motifs is 1. The van der Waals surface area contributed by atoms with E-state index in [2.05, 4.69) is 5.32 Å². The summed E-state index contributed by atoms with van der Waals surface area (Å²) in [5.41, 5.74) is 0.982. The molecule has 0 saturated carbocycles. The van der Waals surface area contributed by atoms with Crippen LogP contribution in [0.5, 0.6) is 11.5 Å². The average molecular weight is 290 g/mol. The van der Waals surface area contributed by atoms with Crippen molar-refractivity contribution in [3.63, 3.8) is 0 Å². The molecule has 114 valence electrons. The summed E-state index contributed by atoms with van der Waals surface area (Å²) in [5, 5.41) is 3.26. The Hall–Kier alpha value is -1.75. The van der Waals surface area contributed by atoms with Crippen LogP contribution in [0.1, 0.15) is 18.4 Å². The van der Waals surface area contributed by atoms with E-state index < -0.39 is 0 Å². The summed E-state index contributed by atoms with van der Waals surface area (Å²) in [6.07, 6.45) is 2.63. The fraction of sp³-hybridized carbons (Fsp3) is 0.562. The molecule has 1 saturated heterocycles. The predicted molar refractivity (Wildman–Crippen MR) is 79.8 cm³/mol. The molecular weight excluding hydrogens is 268 g/mol. The molecule has 0 radical (unpaired) electrons. The molecule has 1 unspecified atom stereocenters. The number of benzene rings is 1. The van der Waals surface area contributed by atoms with Crippen molar-refractivity contribution < 1.29 is 14.3 Å². The van der Waals surface area contributed by atoms with Crippen molar-refractivity contribution >= 4 is 5.91 Å². The van der Waals surface area contributed by atoms with Crippen molar-refractivity contribution in [3.8, 4) is 11.5 Å². The van der Waals surface area contributed by atoms with Crippen LogP contribution in [0.3, 0.4) is 0 Å². The third kappa shape index (κ3) is 3.29. The van der Waals surface area contributed by atoms with Crippen LogP contribution in [0.15, 0.2) is 18.2 Å². The average Bonchev–Trinajstić information content (AvgIpc) is 2.54. The topological polar surface area (TPSA) is 50.8 Å². The van der Waals surface area contributed by atoms with Gasteiger partial charge in [0.15, 0.2) is 11.5 Å². The van der Waals surface area contributed by atoms with E-state index in [0.29, 0.717) is 25.7 Å². The first kappa shape index (κ1) is 14.2. The zero-order valence-electron chi connectivity index (χ0n) is 12.4. The molecule has 1 atom stereocenters. The molecule has 0 spiro atoms. The van der Waals surface area contributed by atoms with Gasteiger partial charge in [0.25, 0.3) is 0 Å². The van der Waals surface area contributed by atoms with Gasteiger partial charge >= 0.3 is 0 Å². The van der Waals surface area contributed by atoms with E-state index in [9.17, 15) is 4.79 Å². The van der Waals surface area contributed by atoms with E-state index in [0.717, 1.165) is 43.0 Å². The number of hydrogen-bond donors (Lipinski definition) is 1. The Balaban J connectivity index is 1.64. The number of likely N-dealkylation sites (N-methyl/N-ethyl adjacent to an activating group) is 1. The summed E-state index contributed by atoms with van der Waals surface area (Å²) in [6, 6.07) is 6.18. The van der Waals surface area contributed by atoms with Crippen LogP contribution in [0.2, 0.25) is 0 Å². The third-order valence-corrected chi connectivity index (χ3v) is 4.14. The molecule has 0 aromatic heterocycles. The largest absolute Gasteiger partial charge is 0.486 e. The van der Waals surface area contributed by atoms with Gasteiger partial charge in [-0.15, -0.1) is 0 Å². The quantitative estimate of drug-likeness (QED) is 0.909. The van der Waals surface area contributed by atoms with Gasteiger partial charge in [-0.05, 0) is 37.6 Å². The van der Waals surface area contributed by atoms with E-state index >= 15 is 0 Å². The summed E-state index contributed by atoms with van der Waals surface area (Å²) in [7, 11) is 1.96. The highest BCUT2D eigenvalue weighted by molar-refractivity contribution is 5.79. The van der Waals surface area contributed by atoms with Gasteiger partial charge in [0.1, 0.15) is 13.2 Å². The number of amides is 1. The van der Waals surface area contributed by atoms with Crippen molar-refractivity contribution in [1.29, 1.82) is 0 Å². The lowest BCUT2D eigenvalue weighted by atomic mass is 10.0. The highest BCUT2D eigenvalue weighted by atomic mass is 16.6. The molecule has 1 fully saturated rings. The zero-order chi connectivity index (χ0) is 14.7. The molecule has 5 nitrogen and oxygen atoms in total. The number of nitrogens with zero attached hydrogens (tertiary/aromatic N) is 1. The number of hydrogen-bond acceptors (Lipinski definition) is 4. The van der Waals surface area contributed by atoms with E-state index in [4.69, 9.17) is 9.47 Å². The molecule has 0 aliphatic carbocycles. The van der Waals surface area contributed by atoms with Crippen LogP contribution in [-0.2, 0) is 11.2 Å². The summed E-state index contributed by atoms with van der Waals surface area (Å²) in [6.45, 7) is 2.83. The minimum Gasteiger partial charge on any atom is -0.486 e. The highest BCUT2D eigenvalue weighted by Crippen LogP contribution is 2.31. The molecule has 2 aliphatic heterocycles. The molecular formula is C16H22N2O3. The predicted octanol–water partition coefficient (Wildman–Crippen LogP) is 1.21. The maximum absolute atomic E-state index is 12.4. The van der Waals surface area contributed by atoms with Gasteiger partial charge < -0.3 is 19.7 Å². The highest BCUT2D eigenvalue weighted by Gasteiger charge is 2.23. The first-order valence-corrected chi connectivity index (χ1v) is 7.60. The normalized spacial score (nSPS) is 21.2. The molecule has 2 aliphatic rings. The molecule has 1 amide bonds. The molecule has 1 aromatic carbocycles. The summed E-state index contributed by atoms with van der Waals surface area (Å²) in [5.74, 6) is 1.70. The summed E-state index contributed by atoms with van der Waals surface area (Å²) in [4.78, 5) is 14.4. The molecule has 5 heteroatoms. The standard InChI is InChI=1S/C16H22N2O3/c1-17-13-3-2-6-18(11-13)16(19)10-12-4-5-14-15(9-12)21-8-7-20-14/h4-5,9,13,17H,2-3,6-8,10-11H2,1H3. The smallest absolute Gasteiger partial charge is 0.227 e. The molecule has 1 N–H and O–H groups in total. The van der Waals surface area contributed by atoms with Gasteiger partial charge in [0, 0.05) is 19.1 Å². The maximum atomic E-state index is 12.4. The first-order valence-electron chi connectivity index (χ1n) is 7.60. The van der Waals surface area contributed by atoms with E-state index in [1.165, 1.54) is 0 Å². The van der Waals surface area contributed by atoms with E-state index in [1.54, 1.807) is 0 Å². The maximum Gasteiger partial charge on any atom is 0.227 e. The summed E-state index contributed by atoms with van der Waals surface area (Å²) >= 11 is 0. The van der Waals surface area contributed by atoms with Crippen molar-refractivity contribution in [2.24, 2.45) is 0 Å². The number of nitrogens with one attached hydrogen (secondary N) is 1. The molecule has 21 heavy (non-hydrogen) atoms. The van der Waals surface area contributed by atoms with Gasteiger partial charge in [0.05, 0.1) is 6.42 Å². The lowest BCUT2D eigenvalue weighted by molar-refractivity contribution is -0.131. The van der Waals surface area contributed by atoms with Crippen molar-refractivity contribution in [3.05, 3.63) is 23.8 Å².